The quantitative estimate of drug-likeness (QED) is 0.866. The molecule has 0 atom stereocenters. The zero-order valence-electron chi connectivity index (χ0n) is 11.2. The van der Waals surface area contributed by atoms with Crippen molar-refractivity contribution in [1.29, 1.82) is 0 Å². The van der Waals surface area contributed by atoms with Gasteiger partial charge in [-0.25, -0.2) is 13.1 Å². The summed E-state index contributed by atoms with van der Waals surface area (Å²) in [6, 6.07) is 4.70. The van der Waals surface area contributed by atoms with Gasteiger partial charge in [0.05, 0.1) is 10.5 Å². The van der Waals surface area contributed by atoms with Gasteiger partial charge in [0.2, 0.25) is 10.0 Å². The highest BCUT2D eigenvalue weighted by atomic mass is 32.2. The van der Waals surface area contributed by atoms with Crippen molar-refractivity contribution in [3.05, 3.63) is 41.0 Å². The number of nitrogens with one attached hydrogen (secondary N) is 1. The number of alkyl halides is 3. The molecule has 7 heteroatoms. The zero-order chi connectivity index (χ0) is 15.3. The maximum absolute atomic E-state index is 13.0. The van der Waals surface area contributed by atoms with Gasteiger partial charge in [-0.2, -0.15) is 13.2 Å². The maximum atomic E-state index is 13.0. The molecule has 110 valence electrons. The summed E-state index contributed by atoms with van der Waals surface area (Å²) in [5, 5.41) is 0. The summed E-state index contributed by atoms with van der Waals surface area (Å²) in [6.45, 7) is 4.76. The third-order valence-corrected chi connectivity index (χ3v) is 5.26. The van der Waals surface area contributed by atoms with Gasteiger partial charge in [-0.1, -0.05) is 18.2 Å². The molecule has 2 rings (SSSR count). The Morgan fingerprint density at radius 2 is 1.70 bits per heavy atom. The van der Waals surface area contributed by atoms with Crippen LogP contribution in [0, 0.1) is 0 Å². The van der Waals surface area contributed by atoms with E-state index in [0.29, 0.717) is 5.57 Å². The van der Waals surface area contributed by atoms with Gasteiger partial charge >= 0.3 is 6.18 Å². The van der Waals surface area contributed by atoms with E-state index in [1.165, 1.54) is 25.1 Å². The largest absolute Gasteiger partial charge is 0.417 e. The fraction of sp³-hybridized carbons (Fsp3) is 0.385. The monoisotopic (exact) mass is 305 g/mol. The van der Waals surface area contributed by atoms with Crippen LogP contribution in [0.2, 0.25) is 0 Å². The Morgan fingerprint density at radius 1 is 1.15 bits per heavy atom. The Labute approximate surface area is 115 Å². The topological polar surface area (TPSA) is 46.2 Å². The molecule has 0 amide bonds. The van der Waals surface area contributed by atoms with Crippen LogP contribution in [0.15, 0.2) is 29.8 Å². The van der Waals surface area contributed by atoms with Crippen LogP contribution in [0.1, 0.15) is 31.9 Å². The van der Waals surface area contributed by atoms with E-state index in [4.69, 9.17) is 0 Å². The van der Waals surface area contributed by atoms with Crippen molar-refractivity contribution >= 4 is 14.9 Å². The summed E-state index contributed by atoms with van der Waals surface area (Å²) in [6.07, 6.45) is -4.61. The van der Waals surface area contributed by atoms with E-state index < -0.39 is 27.3 Å². The number of sulfonamides is 1. The molecule has 1 aliphatic heterocycles. The van der Waals surface area contributed by atoms with Crippen LogP contribution in [-0.4, -0.2) is 14.0 Å². The van der Waals surface area contributed by atoms with Crippen LogP contribution in [0.5, 0.6) is 0 Å². The normalized spacial score (nSPS) is 21.3. The second kappa shape index (κ2) is 4.33. The van der Waals surface area contributed by atoms with Crippen LogP contribution in [0.25, 0.3) is 4.91 Å². The van der Waals surface area contributed by atoms with Gasteiger partial charge in [0.15, 0.2) is 0 Å². The predicted octanol–water partition coefficient (Wildman–Crippen LogP) is 3.15. The molecule has 0 aromatic heterocycles. The zero-order valence-corrected chi connectivity index (χ0v) is 12.0. The Bertz CT molecular complexity index is 688. The molecule has 0 unspecified atom stereocenters. The Hall–Kier alpha value is -1.34. The molecule has 3 nitrogen and oxygen atoms in total. The van der Waals surface area contributed by atoms with Gasteiger partial charge in [0.25, 0.3) is 0 Å². The number of hydrogen-bond acceptors (Lipinski definition) is 2. The molecule has 0 bridgehead atoms. The van der Waals surface area contributed by atoms with Gasteiger partial charge in [-0.05, 0) is 32.4 Å². The van der Waals surface area contributed by atoms with Crippen molar-refractivity contribution in [1.82, 2.24) is 4.72 Å². The fourth-order valence-electron chi connectivity index (χ4n) is 2.22. The van der Waals surface area contributed by atoms with E-state index in [0.717, 1.165) is 6.07 Å². The van der Waals surface area contributed by atoms with Crippen molar-refractivity contribution in [2.45, 2.75) is 32.5 Å². The maximum Gasteiger partial charge on any atom is 0.417 e. The molecular weight excluding hydrogens is 291 g/mol. The first-order chi connectivity index (χ1) is 8.97. The van der Waals surface area contributed by atoms with Crippen LogP contribution >= 0.6 is 0 Å². The summed E-state index contributed by atoms with van der Waals surface area (Å²) in [7, 11) is -3.95. The minimum absolute atomic E-state index is 0.282. The highest BCUT2D eigenvalue weighted by Crippen LogP contribution is 2.42. The minimum atomic E-state index is -4.61. The highest BCUT2D eigenvalue weighted by molar-refractivity contribution is 7.99. The van der Waals surface area contributed by atoms with Crippen molar-refractivity contribution in [2.75, 3.05) is 0 Å². The Morgan fingerprint density at radius 3 is 2.15 bits per heavy atom. The Kier molecular flexibility index (Phi) is 3.26. The second-order valence-electron chi connectivity index (χ2n) is 5.23. The molecule has 20 heavy (non-hydrogen) atoms. The third kappa shape index (κ3) is 2.35. The number of benzene rings is 1. The van der Waals surface area contributed by atoms with Gasteiger partial charge in [-0.3, -0.25) is 0 Å². The molecule has 0 fully saturated rings. The lowest BCUT2D eigenvalue weighted by atomic mass is 9.93. The van der Waals surface area contributed by atoms with E-state index in [9.17, 15) is 21.6 Å². The fourth-order valence-corrected chi connectivity index (χ4v) is 4.28. The lowest BCUT2D eigenvalue weighted by molar-refractivity contribution is -0.137. The van der Waals surface area contributed by atoms with E-state index in [2.05, 4.69) is 4.72 Å². The van der Waals surface area contributed by atoms with E-state index in [1.807, 2.05) is 0 Å². The number of rotatable bonds is 1. The van der Waals surface area contributed by atoms with E-state index >= 15 is 0 Å². The molecule has 0 spiro atoms. The summed E-state index contributed by atoms with van der Waals surface area (Å²) < 4.78 is 65.7. The average Bonchev–Trinajstić information content (AvgIpc) is 2.42. The van der Waals surface area contributed by atoms with E-state index in [-0.39, 0.29) is 10.5 Å². The van der Waals surface area contributed by atoms with Crippen molar-refractivity contribution in [3.63, 3.8) is 0 Å². The first kappa shape index (κ1) is 15.1. The molecule has 1 aliphatic rings. The average molecular weight is 305 g/mol. The van der Waals surface area contributed by atoms with Gasteiger partial charge < -0.3 is 0 Å². The van der Waals surface area contributed by atoms with Crippen LogP contribution in [0.3, 0.4) is 0 Å². The third-order valence-electron chi connectivity index (χ3n) is 3.41. The van der Waals surface area contributed by atoms with Crippen LogP contribution in [0.4, 0.5) is 13.2 Å². The minimum Gasteiger partial charge on any atom is -0.207 e. The molecule has 0 saturated heterocycles. The molecule has 0 radical (unpaired) electrons. The summed E-state index contributed by atoms with van der Waals surface area (Å²) >= 11 is 0. The molecule has 1 heterocycles. The van der Waals surface area contributed by atoms with Crippen molar-refractivity contribution < 1.29 is 21.6 Å². The van der Waals surface area contributed by atoms with Crippen LogP contribution < -0.4 is 4.72 Å². The first-order valence-electron chi connectivity index (χ1n) is 5.89. The molecular formula is C13H14F3NO2S. The lowest BCUT2D eigenvalue weighted by Gasteiger charge is -2.18. The molecule has 1 aromatic rings. The van der Waals surface area contributed by atoms with Crippen molar-refractivity contribution in [2.24, 2.45) is 0 Å². The van der Waals surface area contributed by atoms with Crippen LogP contribution in [-0.2, 0) is 16.2 Å². The Balaban J connectivity index is 2.79. The molecule has 0 aliphatic carbocycles. The van der Waals surface area contributed by atoms with Gasteiger partial charge in [-0.15, -0.1) is 0 Å². The SMILES string of the molecule is CC1=C(c2ccccc2C(F)(F)F)S(=O)(=O)NC1(C)C. The van der Waals surface area contributed by atoms with Crippen molar-refractivity contribution in [3.8, 4) is 0 Å². The standard InChI is InChI=1S/C13H14F3NO2S/c1-8-11(20(18,19)17-12(8,2)3)9-6-4-5-7-10(9)13(14,15)16/h4-7,17H,1-3H3. The molecule has 1 N–H and O–H groups in total. The molecule has 0 saturated carbocycles. The smallest absolute Gasteiger partial charge is 0.207 e. The highest BCUT2D eigenvalue weighted by Gasteiger charge is 2.44. The molecule has 1 aromatic carbocycles. The summed E-state index contributed by atoms with van der Waals surface area (Å²) in [4.78, 5) is -0.282. The summed E-state index contributed by atoms with van der Waals surface area (Å²) in [5.74, 6) is 0. The number of halogens is 3. The number of hydrogen-bond donors (Lipinski definition) is 1. The predicted molar refractivity (Wildman–Crippen MR) is 70.2 cm³/mol. The lowest BCUT2D eigenvalue weighted by Crippen LogP contribution is -2.37. The first-order valence-corrected chi connectivity index (χ1v) is 7.37. The van der Waals surface area contributed by atoms with Gasteiger partial charge in [0, 0.05) is 11.1 Å². The van der Waals surface area contributed by atoms with E-state index in [1.54, 1.807) is 13.8 Å². The summed E-state index contributed by atoms with van der Waals surface area (Å²) in [5.41, 5.74) is -1.78. The second-order valence-corrected chi connectivity index (χ2v) is 6.85. The van der Waals surface area contributed by atoms with Gasteiger partial charge in [0.1, 0.15) is 0 Å².